The van der Waals surface area contributed by atoms with Crippen molar-refractivity contribution in [2.24, 2.45) is 0 Å². The van der Waals surface area contributed by atoms with Crippen LogP contribution in [0.4, 0.5) is 11.4 Å². The van der Waals surface area contributed by atoms with Crippen LogP contribution in [0.5, 0.6) is 5.75 Å². The van der Waals surface area contributed by atoms with E-state index in [0.717, 1.165) is 16.7 Å². The third-order valence-corrected chi connectivity index (χ3v) is 7.46. The Bertz CT molecular complexity index is 1280. The predicted octanol–water partition coefficient (Wildman–Crippen LogP) is 4.22. The molecule has 31 heavy (non-hydrogen) atoms. The van der Waals surface area contributed by atoms with E-state index < -0.39 is 20.0 Å². The van der Waals surface area contributed by atoms with E-state index in [4.69, 9.17) is 4.74 Å². The number of hydrogen-bond donors (Lipinski definition) is 2. The third kappa shape index (κ3) is 5.18. The first-order valence-electron chi connectivity index (χ1n) is 9.39. The average Bonchev–Trinajstić information content (AvgIpc) is 2.71. The standard InChI is InChI=1S/C22H24N2O5S2/c1-15-13-16(2)22(17(3)14-15)24-31(27,28)20-9-5-18(6-10-20)23-30(25,26)21-11-7-19(29-4)8-12-21/h5-14,23-24H,1-4H3. The van der Waals surface area contributed by atoms with E-state index in [0.29, 0.717) is 11.4 Å². The van der Waals surface area contributed by atoms with Gasteiger partial charge in [0.2, 0.25) is 0 Å². The number of sulfonamides is 2. The van der Waals surface area contributed by atoms with Crippen molar-refractivity contribution in [2.45, 2.75) is 30.6 Å². The highest BCUT2D eigenvalue weighted by Gasteiger charge is 2.18. The fraction of sp³-hybridized carbons (Fsp3) is 0.182. The summed E-state index contributed by atoms with van der Waals surface area (Å²) in [5.41, 5.74) is 3.48. The molecule has 0 aliphatic carbocycles. The van der Waals surface area contributed by atoms with Crippen molar-refractivity contribution in [1.82, 2.24) is 0 Å². The molecule has 2 N–H and O–H groups in total. The first-order chi connectivity index (χ1) is 14.5. The summed E-state index contributed by atoms with van der Waals surface area (Å²) in [5, 5.41) is 0. The minimum absolute atomic E-state index is 0.0271. The van der Waals surface area contributed by atoms with Gasteiger partial charge < -0.3 is 4.74 Å². The van der Waals surface area contributed by atoms with Crippen LogP contribution in [0.2, 0.25) is 0 Å². The highest BCUT2D eigenvalue weighted by molar-refractivity contribution is 7.93. The van der Waals surface area contributed by atoms with Crippen molar-refractivity contribution < 1.29 is 21.6 Å². The van der Waals surface area contributed by atoms with Gasteiger partial charge in [-0.15, -0.1) is 0 Å². The monoisotopic (exact) mass is 460 g/mol. The topological polar surface area (TPSA) is 102 Å². The normalized spacial score (nSPS) is 11.7. The van der Waals surface area contributed by atoms with Gasteiger partial charge in [0.05, 0.1) is 22.6 Å². The van der Waals surface area contributed by atoms with Gasteiger partial charge in [0.15, 0.2) is 0 Å². The summed E-state index contributed by atoms with van der Waals surface area (Å²) in [6.45, 7) is 5.63. The fourth-order valence-corrected chi connectivity index (χ4v) is 5.47. The number of benzene rings is 3. The third-order valence-electron chi connectivity index (χ3n) is 4.70. The maximum absolute atomic E-state index is 12.8. The number of anilines is 2. The Morgan fingerprint density at radius 2 is 1.13 bits per heavy atom. The molecule has 0 aliphatic heterocycles. The lowest BCUT2D eigenvalue weighted by Crippen LogP contribution is -2.15. The SMILES string of the molecule is COc1ccc(S(=O)(=O)Nc2ccc(S(=O)(=O)Nc3c(C)cc(C)cc3C)cc2)cc1. The van der Waals surface area contributed by atoms with Crippen LogP contribution in [-0.4, -0.2) is 23.9 Å². The molecule has 0 saturated heterocycles. The molecule has 0 fully saturated rings. The van der Waals surface area contributed by atoms with Crippen LogP contribution in [0.3, 0.4) is 0 Å². The maximum Gasteiger partial charge on any atom is 0.261 e. The zero-order valence-corrected chi connectivity index (χ0v) is 19.3. The summed E-state index contributed by atoms with van der Waals surface area (Å²) < 4.78 is 60.8. The molecule has 0 bridgehead atoms. The second-order valence-corrected chi connectivity index (χ2v) is 10.5. The molecule has 3 rings (SSSR count). The molecule has 3 aromatic rings. The first kappa shape index (κ1) is 22.6. The van der Waals surface area contributed by atoms with Crippen LogP contribution in [0.1, 0.15) is 16.7 Å². The molecule has 0 unspecified atom stereocenters. The molecular weight excluding hydrogens is 436 g/mol. The molecular formula is C22H24N2O5S2. The maximum atomic E-state index is 12.8. The number of ether oxygens (including phenoxy) is 1. The molecule has 0 aromatic heterocycles. The largest absolute Gasteiger partial charge is 0.497 e. The van der Waals surface area contributed by atoms with Crippen LogP contribution in [-0.2, 0) is 20.0 Å². The second-order valence-electron chi connectivity index (χ2n) is 7.18. The van der Waals surface area contributed by atoms with E-state index in [2.05, 4.69) is 9.44 Å². The van der Waals surface area contributed by atoms with Gasteiger partial charge in [-0.05, 0) is 80.4 Å². The van der Waals surface area contributed by atoms with E-state index in [9.17, 15) is 16.8 Å². The molecule has 0 heterocycles. The van der Waals surface area contributed by atoms with Gasteiger partial charge in [0, 0.05) is 5.69 Å². The Hall–Kier alpha value is -3.04. The van der Waals surface area contributed by atoms with Gasteiger partial charge in [0.25, 0.3) is 20.0 Å². The van der Waals surface area contributed by atoms with Crippen molar-refractivity contribution in [3.63, 3.8) is 0 Å². The van der Waals surface area contributed by atoms with E-state index in [1.165, 1.54) is 43.5 Å². The number of methoxy groups -OCH3 is 1. The molecule has 0 radical (unpaired) electrons. The summed E-state index contributed by atoms with van der Waals surface area (Å²) in [7, 11) is -6.16. The van der Waals surface area contributed by atoms with Crippen LogP contribution in [0.25, 0.3) is 0 Å². The molecule has 0 atom stereocenters. The molecule has 164 valence electrons. The molecule has 7 nitrogen and oxygen atoms in total. The van der Waals surface area contributed by atoms with E-state index in [1.54, 1.807) is 12.1 Å². The van der Waals surface area contributed by atoms with E-state index in [1.807, 2.05) is 32.9 Å². The van der Waals surface area contributed by atoms with Gasteiger partial charge in [-0.25, -0.2) is 16.8 Å². The molecule has 9 heteroatoms. The summed E-state index contributed by atoms with van der Waals surface area (Å²) in [4.78, 5) is 0.0938. The predicted molar refractivity (Wildman–Crippen MR) is 122 cm³/mol. The van der Waals surface area contributed by atoms with E-state index >= 15 is 0 Å². The van der Waals surface area contributed by atoms with Crippen LogP contribution in [0, 0.1) is 20.8 Å². The van der Waals surface area contributed by atoms with Crippen molar-refractivity contribution in [3.8, 4) is 5.75 Å². The van der Waals surface area contributed by atoms with Crippen LogP contribution < -0.4 is 14.2 Å². The lowest BCUT2D eigenvalue weighted by atomic mass is 10.1. The zero-order chi connectivity index (χ0) is 22.8. The lowest BCUT2D eigenvalue weighted by Gasteiger charge is -2.15. The van der Waals surface area contributed by atoms with Gasteiger partial charge in [-0.1, -0.05) is 17.7 Å². The van der Waals surface area contributed by atoms with Crippen molar-refractivity contribution in [1.29, 1.82) is 0 Å². The van der Waals surface area contributed by atoms with Crippen molar-refractivity contribution in [3.05, 3.63) is 77.4 Å². The van der Waals surface area contributed by atoms with Crippen molar-refractivity contribution >= 4 is 31.4 Å². The van der Waals surface area contributed by atoms with E-state index in [-0.39, 0.29) is 15.5 Å². The van der Waals surface area contributed by atoms with Gasteiger partial charge in [0.1, 0.15) is 5.75 Å². The number of aryl methyl sites for hydroxylation is 3. The molecule has 0 spiro atoms. The summed E-state index contributed by atoms with van der Waals surface area (Å²) >= 11 is 0. The van der Waals surface area contributed by atoms with Crippen LogP contribution >= 0.6 is 0 Å². The molecule has 0 saturated carbocycles. The molecule has 0 aliphatic rings. The Morgan fingerprint density at radius 3 is 1.61 bits per heavy atom. The Balaban J connectivity index is 1.80. The Labute approximate surface area is 183 Å². The average molecular weight is 461 g/mol. The quantitative estimate of drug-likeness (QED) is 0.550. The Morgan fingerprint density at radius 1 is 0.677 bits per heavy atom. The summed E-state index contributed by atoms with van der Waals surface area (Å²) in [6, 6.07) is 15.3. The molecule has 0 amide bonds. The van der Waals surface area contributed by atoms with Crippen LogP contribution in [0.15, 0.2) is 70.5 Å². The van der Waals surface area contributed by atoms with Gasteiger partial charge in [-0.3, -0.25) is 9.44 Å². The Kier molecular flexibility index (Phi) is 6.28. The smallest absolute Gasteiger partial charge is 0.261 e. The lowest BCUT2D eigenvalue weighted by molar-refractivity contribution is 0.414. The molecule has 3 aromatic carbocycles. The highest BCUT2D eigenvalue weighted by Crippen LogP contribution is 2.26. The number of nitrogens with one attached hydrogen (secondary N) is 2. The second kappa shape index (κ2) is 8.60. The summed E-state index contributed by atoms with van der Waals surface area (Å²) in [6.07, 6.45) is 0. The van der Waals surface area contributed by atoms with Crippen molar-refractivity contribution in [2.75, 3.05) is 16.6 Å². The minimum Gasteiger partial charge on any atom is -0.497 e. The van der Waals surface area contributed by atoms with Gasteiger partial charge in [-0.2, -0.15) is 0 Å². The number of rotatable bonds is 7. The first-order valence-corrected chi connectivity index (χ1v) is 12.4. The number of hydrogen-bond acceptors (Lipinski definition) is 5. The highest BCUT2D eigenvalue weighted by atomic mass is 32.2. The van der Waals surface area contributed by atoms with Gasteiger partial charge >= 0.3 is 0 Å². The fourth-order valence-electron chi connectivity index (χ4n) is 3.21. The zero-order valence-electron chi connectivity index (χ0n) is 17.6. The minimum atomic E-state index is -3.83. The summed E-state index contributed by atoms with van der Waals surface area (Å²) in [5.74, 6) is 0.542.